The van der Waals surface area contributed by atoms with Gasteiger partial charge in [-0.25, -0.2) is 22.9 Å². The minimum atomic E-state index is -3.98. The van der Waals surface area contributed by atoms with E-state index in [1.807, 2.05) is 0 Å². The number of aromatic nitrogens is 1. The Morgan fingerprint density at radius 2 is 2.08 bits per heavy atom. The summed E-state index contributed by atoms with van der Waals surface area (Å²) in [7, 11) is -2.81. The molecule has 0 aromatic carbocycles. The molecular formula is C15H17N3O6S. The lowest BCUT2D eigenvalue weighted by Gasteiger charge is -2.06. The number of aryl methyl sites for hydroxylation is 1. The van der Waals surface area contributed by atoms with Crippen LogP contribution in [0.3, 0.4) is 0 Å². The molecule has 0 fully saturated rings. The van der Waals surface area contributed by atoms with Gasteiger partial charge >= 0.3 is 5.97 Å². The van der Waals surface area contributed by atoms with Gasteiger partial charge in [-0.3, -0.25) is 4.79 Å². The summed E-state index contributed by atoms with van der Waals surface area (Å²) in [6, 6.07) is 6.21. The third kappa shape index (κ3) is 5.13. The largest absolute Gasteiger partial charge is 0.465 e. The van der Waals surface area contributed by atoms with Gasteiger partial charge < -0.3 is 14.5 Å². The first kappa shape index (κ1) is 18.6. The number of furan rings is 1. The molecule has 9 nitrogen and oxygen atoms in total. The van der Waals surface area contributed by atoms with Crippen LogP contribution in [-0.4, -0.2) is 38.9 Å². The molecule has 2 aromatic heterocycles. The number of ether oxygens (including phenoxy) is 1. The summed E-state index contributed by atoms with van der Waals surface area (Å²) in [6.07, 6.45) is 0.885. The number of carbonyl (C=O) groups is 2. The molecule has 0 saturated carbocycles. The van der Waals surface area contributed by atoms with Crippen molar-refractivity contribution in [1.29, 1.82) is 0 Å². The molecule has 0 unspecified atom stereocenters. The van der Waals surface area contributed by atoms with Crippen molar-refractivity contribution in [2.45, 2.75) is 18.4 Å². The fourth-order valence-corrected chi connectivity index (χ4v) is 2.84. The lowest BCUT2D eigenvalue weighted by Crippen LogP contribution is -2.27. The van der Waals surface area contributed by atoms with Crippen LogP contribution in [0.4, 0.5) is 5.82 Å². The molecule has 0 aliphatic carbocycles. The first-order valence-corrected chi connectivity index (χ1v) is 8.70. The molecule has 0 spiro atoms. The van der Waals surface area contributed by atoms with E-state index in [9.17, 15) is 18.0 Å². The lowest BCUT2D eigenvalue weighted by atomic mass is 10.3. The van der Waals surface area contributed by atoms with E-state index in [4.69, 9.17) is 4.42 Å². The fraction of sp³-hybridized carbons (Fsp3) is 0.267. The second-order valence-electron chi connectivity index (χ2n) is 5.01. The van der Waals surface area contributed by atoms with Crippen LogP contribution in [0.25, 0.3) is 0 Å². The first-order valence-electron chi connectivity index (χ1n) is 7.22. The second kappa shape index (κ2) is 7.90. The van der Waals surface area contributed by atoms with Crippen molar-refractivity contribution in [3.05, 3.63) is 41.8 Å². The van der Waals surface area contributed by atoms with Gasteiger partial charge in [0.05, 0.1) is 12.7 Å². The third-order valence-corrected chi connectivity index (χ3v) is 4.39. The molecule has 0 atom stereocenters. The summed E-state index contributed by atoms with van der Waals surface area (Å²) >= 11 is 0. The van der Waals surface area contributed by atoms with Gasteiger partial charge in [0, 0.05) is 24.7 Å². The highest BCUT2D eigenvalue weighted by Crippen LogP contribution is 2.14. The number of methoxy groups -OCH3 is 1. The first-order chi connectivity index (χ1) is 11.8. The summed E-state index contributed by atoms with van der Waals surface area (Å²) in [4.78, 5) is 27.2. The Bertz CT molecular complexity index is 875. The highest BCUT2D eigenvalue weighted by atomic mass is 32.2. The van der Waals surface area contributed by atoms with E-state index >= 15 is 0 Å². The molecule has 10 heteroatoms. The molecule has 0 aliphatic heterocycles. The van der Waals surface area contributed by atoms with Crippen molar-refractivity contribution < 1.29 is 27.2 Å². The van der Waals surface area contributed by atoms with Gasteiger partial charge in [-0.15, -0.1) is 0 Å². The average Bonchev–Trinajstić information content (AvgIpc) is 3.05. The molecule has 1 amide bonds. The Morgan fingerprint density at radius 3 is 2.76 bits per heavy atom. The van der Waals surface area contributed by atoms with Crippen LogP contribution in [0.5, 0.6) is 0 Å². The molecule has 2 aromatic rings. The van der Waals surface area contributed by atoms with Crippen LogP contribution in [-0.2, 0) is 19.6 Å². The van der Waals surface area contributed by atoms with Crippen molar-refractivity contribution in [3.8, 4) is 0 Å². The number of carbonyl (C=O) groups excluding carboxylic acids is 2. The summed E-state index contributed by atoms with van der Waals surface area (Å²) in [5.74, 6) is -0.715. The maximum absolute atomic E-state index is 12.0. The fourth-order valence-electron chi connectivity index (χ4n) is 1.87. The number of amides is 1. The lowest BCUT2D eigenvalue weighted by molar-refractivity contribution is -0.116. The van der Waals surface area contributed by atoms with Gasteiger partial charge in [-0.05, 0) is 19.1 Å². The molecule has 2 N–H and O–H groups in total. The molecule has 0 bridgehead atoms. The number of nitrogens with one attached hydrogen (secondary N) is 2. The van der Waals surface area contributed by atoms with Gasteiger partial charge in [0.25, 0.3) is 10.0 Å². The number of sulfonamides is 1. The summed E-state index contributed by atoms with van der Waals surface area (Å²) in [5.41, 5.74) is 0.726. The number of rotatable bonds is 7. The quantitative estimate of drug-likeness (QED) is 0.701. The van der Waals surface area contributed by atoms with E-state index in [-0.39, 0.29) is 18.5 Å². The topological polar surface area (TPSA) is 128 Å². The number of hydrogen-bond acceptors (Lipinski definition) is 7. The summed E-state index contributed by atoms with van der Waals surface area (Å²) < 4.78 is 35.6. The van der Waals surface area contributed by atoms with Gasteiger partial charge in [0.1, 0.15) is 12.1 Å². The smallest absolute Gasteiger partial charge is 0.341 e. The zero-order valence-corrected chi connectivity index (χ0v) is 14.4. The highest BCUT2D eigenvalue weighted by molar-refractivity contribution is 7.89. The van der Waals surface area contributed by atoms with E-state index in [0.29, 0.717) is 5.82 Å². The second-order valence-corrected chi connectivity index (χ2v) is 6.70. The van der Waals surface area contributed by atoms with Crippen LogP contribution in [0.1, 0.15) is 22.5 Å². The Kier molecular flexibility index (Phi) is 5.88. The van der Waals surface area contributed by atoms with Gasteiger partial charge in [-0.2, -0.15) is 0 Å². The van der Waals surface area contributed by atoms with E-state index in [1.165, 1.54) is 7.11 Å². The average molecular weight is 367 g/mol. The Labute approximate surface area is 144 Å². The van der Waals surface area contributed by atoms with Crippen LogP contribution in [0.15, 0.2) is 40.0 Å². The minimum absolute atomic E-state index is 0.0221. The summed E-state index contributed by atoms with van der Waals surface area (Å²) in [6.45, 7) is 1.64. The molecule has 134 valence electrons. The number of pyridine rings is 1. The molecule has 0 aliphatic rings. The highest BCUT2D eigenvalue weighted by Gasteiger charge is 2.21. The standard InChI is InChI=1S/C15H17N3O6S/c1-10-4-3-5-12(17-10)18-13(19)6-7-16-25(21,22)14-8-11(9-24-14)15(20)23-2/h3-5,8-9,16H,6-7H2,1-2H3,(H,17,18,19). The Hall–Kier alpha value is -2.72. The maximum atomic E-state index is 12.0. The van der Waals surface area contributed by atoms with Gasteiger partial charge in [0.15, 0.2) is 0 Å². The van der Waals surface area contributed by atoms with Crippen LogP contribution < -0.4 is 10.0 Å². The zero-order valence-electron chi connectivity index (χ0n) is 13.6. The third-order valence-electron chi connectivity index (χ3n) is 3.06. The Balaban J connectivity index is 1.88. The SMILES string of the molecule is COC(=O)c1coc(S(=O)(=O)NCCC(=O)Nc2cccc(C)n2)c1. The molecule has 2 rings (SSSR count). The van der Waals surface area contributed by atoms with Crippen molar-refractivity contribution in [1.82, 2.24) is 9.71 Å². The molecule has 2 heterocycles. The van der Waals surface area contributed by atoms with Crippen molar-refractivity contribution in [2.24, 2.45) is 0 Å². The predicted octanol–water partition coefficient (Wildman–Crippen LogP) is 1.08. The summed E-state index contributed by atoms with van der Waals surface area (Å²) in [5, 5.41) is 2.13. The molecule has 0 radical (unpaired) electrons. The van der Waals surface area contributed by atoms with Crippen molar-refractivity contribution in [3.63, 3.8) is 0 Å². The molecular weight excluding hydrogens is 350 g/mol. The number of esters is 1. The van der Waals surface area contributed by atoms with Crippen LogP contribution in [0.2, 0.25) is 0 Å². The number of hydrogen-bond donors (Lipinski definition) is 2. The molecule has 25 heavy (non-hydrogen) atoms. The minimum Gasteiger partial charge on any atom is -0.465 e. The van der Waals surface area contributed by atoms with E-state index in [2.05, 4.69) is 19.8 Å². The zero-order chi connectivity index (χ0) is 18.4. The van der Waals surface area contributed by atoms with Crippen LogP contribution in [0, 0.1) is 6.92 Å². The van der Waals surface area contributed by atoms with Crippen molar-refractivity contribution in [2.75, 3.05) is 19.0 Å². The van der Waals surface area contributed by atoms with E-state index < -0.39 is 27.0 Å². The van der Waals surface area contributed by atoms with E-state index in [0.717, 1.165) is 18.0 Å². The Morgan fingerprint density at radius 1 is 1.32 bits per heavy atom. The van der Waals surface area contributed by atoms with Gasteiger partial charge in [-0.1, -0.05) is 6.07 Å². The maximum Gasteiger partial charge on any atom is 0.341 e. The normalized spacial score (nSPS) is 11.1. The van der Waals surface area contributed by atoms with Gasteiger partial charge in [0.2, 0.25) is 11.0 Å². The number of anilines is 1. The predicted molar refractivity (Wildman–Crippen MR) is 87.5 cm³/mol. The van der Waals surface area contributed by atoms with Crippen molar-refractivity contribution >= 4 is 27.7 Å². The monoisotopic (exact) mass is 367 g/mol. The van der Waals surface area contributed by atoms with E-state index in [1.54, 1.807) is 25.1 Å². The number of nitrogens with zero attached hydrogens (tertiary/aromatic N) is 1. The van der Waals surface area contributed by atoms with Crippen LogP contribution >= 0.6 is 0 Å². The molecule has 0 saturated heterocycles.